The van der Waals surface area contributed by atoms with Crippen LogP contribution in [-0.4, -0.2) is 42.1 Å². The molecule has 3 rings (SSSR count). The zero-order valence-corrected chi connectivity index (χ0v) is 21.7. The molecule has 31 heavy (non-hydrogen) atoms. The van der Waals surface area contributed by atoms with Gasteiger partial charge >= 0.3 is 0 Å². The Morgan fingerprint density at radius 3 is 2.45 bits per heavy atom. The van der Waals surface area contributed by atoms with E-state index >= 15 is 0 Å². The first-order valence-electron chi connectivity index (χ1n) is 11.3. The van der Waals surface area contributed by atoms with E-state index in [4.69, 9.17) is 9.72 Å². The molecule has 5 nitrogen and oxygen atoms in total. The van der Waals surface area contributed by atoms with E-state index in [-0.39, 0.29) is 5.56 Å². The topological polar surface area (TPSA) is 57.0 Å². The molecule has 0 aliphatic carbocycles. The molecule has 2 aromatic heterocycles. The van der Waals surface area contributed by atoms with Gasteiger partial charge in [-0.15, -0.1) is 5.54 Å². The fourth-order valence-electron chi connectivity index (χ4n) is 5.11. The number of hydrogen-bond acceptors (Lipinski definition) is 5. The minimum Gasteiger partial charge on any atom is -0.381 e. The van der Waals surface area contributed by atoms with E-state index in [2.05, 4.69) is 58.0 Å². The van der Waals surface area contributed by atoms with Crippen LogP contribution in [0.1, 0.15) is 53.5 Å². The number of aromatic nitrogens is 3. The van der Waals surface area contributed by atoms with Crippen molar-refractivity contribution < 1.29 is 4.74 Å². The van der Waals surface area contributed by atoms with Crippen LogP contribution in [0.15, 0.2) is 22.2 Å². The molecule has 1 aliphatic rings. The molecular weight excluding hydrogens is 422 g/mol. The number of nitrogens with zero attached hydrogens (tertiary/aromatic N) is 3. The Hall–Kier alpha value is -1.62. The third kappa shape index (κ3) is 4.76. The zero-order valence-electron chi connectivity index (χ0n) is 19.9. The Labute approximate surface area is 191 Å². The summed E-state index contributed by atoms with van der Waals surface area (Å²) in [5.41, 5.74) is 6.76. The highest BCUT2D eigenvalue weighted by Gasteiger charge is 2.41. The van der Waals surface area contributed by atoms with Gasteiger partial charge in [0.15, 0.2) is 5.16 Å². The SMILES string of the molecule is CSc1ncc2c(C#C[Si](C(C)C)(C(C)C)C(C)C)cc(=O)n(CC3CCOC3)c2n1. The fourth-order valence-corrected chi connectivity index (χ4v) is 10.7. The minimum absolute atomic E-state index is 0.0413. The Morgan fingerprint density at radius 1 is 1.23 bits per heavy atom. The van der Waals surface area contributed by atoms with E-state index in [0.29, 0.717) is 46.5 Å². The van der Waals surface area contributed by atoms with Crippen LogP contribution in [0.2, 0.25) is 16.6 Å². The standard InChI is InChI=1S/C24H35N3O2SSi/c1-16(2)31(17(3)4,18(5)6)11-9-20-12-22(28)27(14-19-8-10-29-15-19)23-21(20)13-25-24(26-23)30-7/h12-13,16-19H,8,10,14-15H2,1-7H3. The van der Waals surface area contributed by atoms with Crippen molar-refractivity contribution >= 4 is 30.9 Å². The average Bonchev–Trinajstić information content (AvgIpc) is 3.23. The summed E-state index contributed by atoms with van der Waals surface area (Å²) in [5.74, 6) is 3.80. The van der Waals surface area contributed by atoms with Gasteiger partial charge < -0.3 is 4.74 Å². The van der Waals surface area contributed by atoms with Crippen LogP contribution < -0.4 is 5.56 Å². The second-order valence-corrected chi connectivity index (χ2v) is 15.8. The quantitative estimate of drug-likeness (QED) is 0.261. The summed E-state index contributed by atoms with van der Waals surface area (Å²) in [6.45, 7) is 15.9. The number of thioether (sulfide) groups is 1. The summed E-state index contributed by atoms with van der Waals surface area (Å²) in [7, 11) is -1.91. The van der Waals surface area contributed by atoms with E-state index in [0.717, 1.165) is 24.0 Å². The molecule has 0 saturated carbocycles. The fraction of sp³-hybridized carbons (Fsp3) is 0.625. The Bertz CT molecular complexity index is 1020. The molecule has 1 saturated heterocycles. The van der Waals surface area contributed by atoms with E-state index in [1.54, 1.807) is 10.6 Å². The van der Waals surface area contributed by atoms with Gasteiger partial charge in [-0.05, 0) is 29.3 Å². The molecule has 0 aromatic carbocycles. The Balaban J connectivity index is 2.19. The van der Waals surface area contributed by atoms with E-state index < -0.39 is 8.07 Å². The first-order chi connectivity index (χ1) is 14.7. The van der Waals surface area contributed by atoms with Gasteiger partial charge in [0.2, 0.25) is 0 Å². The van der Waals surface area contributed by atoms with Crippen molar-refractivity contribution in [2.75, 3.05) is 19.5 Å². The molecule has 1 aliphatic heterocycles. The maximum absolute atomic E-state index is 13.2. The van der Waals surface area contributed by atoms with E-state index in [9.17, 15) is 4.79 Å². The molecular formula is C24H35N3O2SSi. The van der Waals surface area contributed by atoms with Gasteiger partial charge in [-0.1, -0.05) is 59.2 Å². The van der Waals surface area contributed by atoms with Crippen molar-refractivity contribution in [3.63, 3.8) is 0 Å². The third-order valence-corrected chi connectivity index (χ3v) is 13.6. The lowest BCUT2D eigenvalue weighted by Gasteiger charge is -2.38. The number of pyridine rings is 1. The van der Waals surface area contributed by atoms with Crippen LogP contribution in [-0.2, 0) is 11.3 Å². The van der Waals surface area contributed by atoms with Crippen LogP contribution in [0.5, 0.6) is 0 Å². The smallest absolute Gasteiger partial charge is 0.253 e. The lowest BCUT2D eigenvalue weighted by molar-refractivity contribution is 0.182. The molecule has 3 heterocycles. The first kappa shape index (κ1) is 24.0. The lowest BCUT2D eigenvalue weighted by Crippen LogP contribution is -2.43. The predicted molar refractivity (Wildman–Crippen MR) is 132 cm³/mol. The molecule has 0 N–H and O–H groups in total. The van der Waals surface area contributed by atoms with Gasteiger partial charge in [0.25, 0.3) is 5.56 Å². The molecule has 0 bridgehead atoms. The lowest BCUT2D eigenvalue weighted by atomic mass is 10.1. The summed E-state index contributed by atoms with van der Waals surface area (Å²) in [6.07, 6.45) is 4.76. The maximum Gasteiger partial charge on any atom is 0.253 e. The summed E-state index contributed by atoms with van der Waals surface area (Å²) in [5, 5.41) is 1.53. The second-order valence-electron chi connectivity index (χ2n) is 9.48. The van der Waals surface area contributed by atoms with Crippen molar-refractivity contribution in [1.29, 1.82) is 0 Å². The van der Waals surface area contributed by atoms with E-state index in [1.165, 1.54) is 11.8 Å². The highest BCUT2D eigenvalue weighted by molar-refractivity contribution is 7.98. The molecule has 168 valence electrons. The highest BCUT2D eigenvalue weighted by Crippen LogP contribution is 2.40. The second kappa shape index (κ2) is 9.89. The van der Waals surface area contributed by atoms with Crippen molar-refractivity contribution in [2.24, 2.45) is 5.92 Å². The van der Waals surface area contributed by atoms with E-state index in [1.807, 2.05) is 12.5 Å². The van der Waals surface area contributed by atoms with Crippen LogP contribution in [0, 0.1) is 17.4 Å². The summed E-state index contributed by atoms with van der Waals surface area (Å²) >= 11 is 1.48. The van der Waals surface area contributed by atoms with Crippen LogP contribution in [0.3, 0.4) is 0 Å². The molecule has 0 spiro atoms. The summed E-state index contributed by atoms with van der Waals surface area (Å²) < 4.78 is 7.31. The summed E-state index contributed by atoms with van der Waals surface area (Å²) in [4.78, 5) is 22.4. The zero-order chi connectivity index (χ0) is 22.8. The highest BCUT2D eigenvalue weighted by atomic mass is 32.2. The van der Waals surface area contributed by atoms with Crippen molar-refractivity contribution in [3.8, 4) is 11.5 Å². The molecule has 1 unspecified atom stereocenters. The van der Waals surface area contributed by atoms with Gasteiger partial charge in [0.05, 0.1) is 12.0 Å². The number of rotatable bonds is 6. The molecule has 0 amide bonds. The van der Waals surface area contributed by atoms with Crippen LogP contribution >= 0.6 is 11.8 Å². The Kier molecular flexibility index (Phi) is 7.66. The molecule has 1 atom stereocenters. The molecule has 1 fully saturated rings. The van der Waals surface area contributed by atoms with Crippen molar-refractivity contribution in [3.05, 3.63) is 28.2 Å². The van der Waals surface area contributed by atoms with Gasteiger partial charge in [-0.3, -0.25) is 9.36 Å². The van der Waals surface area contributed by atoms with Crippen molar-refractivity contribution in [2.45, 2.75) is 76.3 Å². The van der Waals surface area contributed by atoms with Crippen LogP contribution in [0.4, 0.5) is 0 Å². The van der Waals surface area contributed by atoms with Gasteiger partial charge in [-0.25, -0.2) is 9.97 Å². The normalized spacial score (nSPS) is 17.0. The Morgan fingerprint density at radius 2 is 1.90 bits per heavy atom. The molecule has 2 aromatic rings. The number of hydrogen-bond donors (Lipinski definition) is 0. The predicted octanol–water partition coefficient (Wildman–Crippen LogP) is 5.12. The summed E-state index contributed by atoms with van der Waals surface area (Å²) in [6, 6.07) is 1.69. The number of fused-ring (bicyclic) bond motifs is 1. The minimum atomic E-state index is -1.91. The van der Waals surface area contributed by atoms with Crippen LogP contribution in [0.25, 0.3) is 11.0 Å². The molecule has 0 radical (unpaired) electrons. The molecule has 7 heteroatoms. The average molecular weight is 458 g/mol. The monoisotopic (exact) mass is 457 g/mol. The third-order valence-electron chi connectivity index (χ3n) is 6.75. The van der Waals surface area contributed by atoms with Gasteiger partial charge in [0.1, 0.15) is 13.7 Å². The number of ether oxygens (including phenoxy) is 1. The maximum atomic E-state index is 13.2. The van der Waals surface area contributed by atoms with Gasteiger partial charge in [-0.2, -0.15) is 0 Å². The largest absolute Gasteiger partial charge is 0.381 e. The van der Waals surface area contributed by atoms with Gasteiger partial charge in [0, 0.05) is 36.9 Å². The first-order valence-corrected chi connectivity index (χ1v) is 14.7. The van der Waals surface area contributed by atoms with Crippen molar-refractivity contribution in [1.82, 2.24) is 14.5 Å².